The van der Waals surface area contributed by atoms with Gasteiger partial charge in [-0.25, -0.2) is 4.79 Å². The quantitative estimate of drug-likeness (QED) is 0.598. The standard InChI is InChI=1S/C15H22N2O3/c16-10-3-1-2-4-14(18)17-11-9-12-5-7-13(8-6-12)15(19)20/h5-8H,1-4,9-11,16H2,(H,17,18)(H,19,20). The summed E-state index contributed by atoms with van der Waals surface area (Å²) in [4.78, 5) is 22.2. The molecule has 0 heterocycles. The molecule has 4 N–H and O–H groups in total. The Hall–Kier alpha value is -1.88. The number of hydrogen-bond acceptors (Lipinski definition) is 3. The first-order valence-electron chi connectivity index (χ1n) is 6.92. The highest BCUT2D eigenvalue weighted by Gasteiger charge is 2.03. The summed E-state index contributed by atoms with van der Waals surface area (Å²) in [6.45, 7) is 1.25. The van der Waals surface area contributed by atoms with E-state index in [0.29, 0.717) is 25.9 Å². The van der Waals surface area contributed by atoms with Crippen molar-refractivity contribution < 1.29 is 14.7 Å². The molecule has 0 aliphatic carbocycles. The van der Waals surface area contributed by atoms with E-state index in [-0.39, 0.29) is 11.5 Å². The summed E-state index contributed by atoms with van der Waals surface area (Å²) in [5.41, 5.74) is 6.67. The van der Waals surface area contributed by atoms with Crippen molar-refractivity contribution >= 4 is 11.9 Å². The van der Waals surface area contributed by atoms with Crippen molar-refractivity contribution in [2.24, 2.45) is 5.73 Å². The number of nitrogens with one attached hydrogen (secondary N) is 1. The van der Waals surface area contributed by atoms with Crippen molar-refractivity contribution in [3.05, 3.63) is 35.4 Å². The number of rotatable bonds is 9. The average Bonchev–Trinajstić information content (AvgIpc) is 2.44. The molecule has 0 aliphatic heterocycles. The molecule has 5 heteroatoms. The maximum absolute atomic E-state index is 11.5. The van der Waals surface area contributed by atoms with Crippen LogP contribution in [0.3, 0.4) is 0 Å². The highest BCUT2D eigenvalue weighted by atomic mass is 16.4. The Morgan fingerprint density at radius 2 is 1.80 bits per heavy atom. The van der Waals surface area contributed by atoms with Crippen molar-refractivity contribution in [3.8, 4) is 0 Å². The first-order chi connectivity index (χ1) is 9.63. The third kappa shape index (κ3) is 6.33. The van der Waals surface area contributed by atoms with Gasteiger partial charge in [0.2, 0.25) is 5.91 Å². The highest BCUT2D eigenvalue weighted by molar-refractivity contribution is 5.87. The predicted molar refractivity (Wildman–Crippen MR) is 77.6 cm³/mol. The van der Waals surface area contributed by atoms with E-state index in [4.69, 9.17) is 10.8 Å². The van der Waals surface area contributed by atoms with Crippen LogP contribution in [0.1, 0.15) is 41.6 Å². The van der Waals surface area contributed by atoms with Gasteiger partial charge in [-0.15, -0.1) is 0 Å². The molecule has 20 heavy (non-hydrogen) atoms. The molecule has 0 aliphatic rings. The lowest BCUT2D eigenvalue weighted by atomic mass is 10.1. The topological polar surface area (TPSA) is 92.4 Å². The summed E-state index contributed by atoms with van der Waals surface area (Å²) in [7, 11) is 0. The van der Waals surface area contributed by atoms with E-state index in [2.05, 4.69) is 5.32 Å². The molecule has 0 bridgehead atoms. The lowest BCUT2D eigenvalue weighted by Crippen LogP contribution is -2.25. The van der Waals surface area contributed by atoms with Gasteiger partial charge >= 0.3 is 5.97 Å². The van der Waals surface area contributed by atoms with Gasteiger partial charge in [0.1, 0.15) is 0 Å². The molecule has 0 aromatic heterocycles. The maximum atomic E-state index is 11.5. The van der Waals surface area contributed by atoms with Crippen LogP contribution in [-0.2, 0) is 11.2 Å². The number of carbonyl (C=O) groups is 2. The molecule has 0 saturated carbocycles. The fourth-order valence-electron chi connectivity index (χ4n) is 1.86. The third-order valence-corrected chi connectivity index (χ3v) is 3.04. The van der Waals surface area contributed by atoms with Gasteiger partial charge in [-0.3, -0.25) is 4.79 Å². The second kappa shape index (κ2) is 9.09. The minimum Gasteiger partial charge on any atom is -0.478 e. The molecule has 0 saturated heterocycles. The number of carboxylic acid groups (broad SMARTS) is 1. The number of benzene rings is 1. The Morgan fingerprint density at radius 3 is 2.40 bits per heavy atom. The first-order valence-corrected chi connectivity index (χ1v) is 6.92. The van der Waals surface area contributed by atoms with Crippen molar-refractivity contribution in [2.75, 3.05) is 13.1 Å². The van der Waals surface area contributed by atoms with Crippen LogP contribution in [0.15, 0.2) is 24.3 Å². The van der Waals surface area contributed by atoms with Crippen LogP contribution < -0.4 is 11.1 Å². The maximum Gasteiger partial charge on any atom is 0.335 e. The molecule has 0 unspecified atom stereocenters. The van der Waals surface area contributed by atoms with Crippen LogP contribution in [-0.4, -0.2) is 30.1 Å². The van der Waals surface area contributed by atoms with Crippen LogP contribution in [0.5, 0.6) is 0 Å². The third-order valence-electron chi connectivity index (χ3n) is 3.04. The summed E-state index contributed by atoms with van der Waals surface area (Å²) in [5.74, 6) is -0.869. The van der Waals surface area contributed by atoms with Gasteiger partial charge in [-0.1, -0.05) is 18.6 Å². The molecule has 1 aromatic carbocycles. The van der Waals surface area contributed by atoms with E-state index in [9.17, 15) is 9.59 Å². The smallest absolute Gasteiger partial charge is 0.335 e. The minimum absolute atomic E-state index is 0.0594. The van der Waals surface area contributed by atoms with Crippen LogP contribution in [0, 0.1) is 0 Å². The number of hydrogen-bond donors (Lipinski definition) is 3. The molecular weight excluding hydrogens is 256 g/mol. The van der Waals surface area contributed by atoms with Gasteiger partial charge in [0.25, 0.3) is 0 Å². The Labute approximate surface area is 119 Å². The van der Waals surface area contributed by atoms with Crippen LogP contribution >= 0.6 is 0 Å². The molecule has 0 fully saturated rings. The zero-order valence-electron chi connectivity index (χ0n) is 11.6. The molecule has 0 spiro atoms. The van der Waals surface area contributed by atoms with E-state index in [1.165, 1.54) is 0 Å². The van der Waals surface area contributed by atoms with Crippen LogP contribution in [0.4, 0.5) is 0 Å². The normalized spacial score (nSPS) is 10.2. The number of aromatic carboxylic acids is 1. The predicted octanol–water partition coefficient (Wildman–Crippen LogP) is 1.56. The second-order valence-electron chi connectivity index (χ2n) is 4.70. The molecule has 1 aromatic rings. The van der Waals surface area contributed by atoms with Gasteiger partial charge in [0.15, 0.2) is 0 Å². The fourth-order valence-corrected chi connectivity index (χ4v) is 1.86. The molecule has 0 atom stereocenters. The Bertz CT molecular complexity index is 429. The lowest BCUT2D eigenvalue weighted by molar-refractivity contribution is -0.121. The summed E-state index contributed by atoms with van der Waals surface area (Å²) in [6, 6.07) is 6.70. The molecule has 1 rings (SSSR count). The van der Waals surface area contributed by atoms with Crippen LogP contribution in [0.2, 0.25) is 0 Å². The fraction of sp³-hybridized carbons (Fsp3) is 0.467. The number of carbonyl (C=O) groups excluding carboxylic acids is 1. The molecular formula is C15H22N2O3. The van der Waals surface area contributed by atoms with Crippen molar-refractivity contribution in [3.63, 3.8) is 0 Å². The largest absolute Gasteiger partial charge is 0.478 e. The summed E-state index contributed by atoms with van der Waals surface area (Å²) in [5, 5.41) is 11.6. The monoisotopic (exact) mass is 278 g/mol. The van der Waals surface area contributed by atoms with Crippen LogP contribution in [0.25, 0.3) is 0 Å². The zero-order valence-corrected chi connectivity index (χ0v) is 11.6. The van der Waals surface area contributed by atoms with E-state index >= 15 is 0 Å². The summed E-state index contributed by atoms with van der Waals surface area (Å²) in [6.07, 6.45) is 4.06. The Morgan fingerprint density at radius 1 is 1.10 bits per heavy atom. The number of nitrogens with two attached hydrogens (primary N) is 1. The van der Waals surface area contributed by atoms with Gasteiger partial charge in [-0.05, 0) is 43.5 Å². The first kappa shape index (κ1) is 16.2. The molecule has 0 radical (unpaired) electrons. The summed E-state index contributed by atoms with van der Waals surface area (Å²) >= 11 is 0. The lowest BCUT2D eigenvalue weighted by Gasteiger charge is -2.05. The van der Waals surface area contributed by atoms with Gasteiger partial charge in [0.05, 0.1) is 5.56 Å². The molecule has 110 valence electrons. The van der Waals surface area contributed by atoms with E-state index in [0.717, 1.165) is 24.8 Å². The van der Waals surface area contributed by atoms with E-state index in [1.807, 2.05) is 0 Å². The summed E-state index contributed by atoms with van der Waals surface area (Å²) < 4.78 is 0. The van der Waals surface area contributed by atoms with Crippen molar-refractivity contribution in [2.45, 2.75) is 32.1 Å². The highest BCUT2D eigenvalue weighted by Crippen LogP contribution is 2.05. The number of unbranched alkanes of at least 4 members (excludes halogenated alkanes) is 2. The number of amides is 1. The minimum atomic E-state index is -0.928. The Kier molecular flexibility index (Phi) is 7.35. The average molecular weight is 278 g/mol. The van der Waals surface area contributed by atoms with Gasteiger partial charge < -0.3 is 16.2 Å². The SMILES string of the molecule is NCCCCCC(=O)NCCc1ccc(C(=O)O)cc1. The number of carboxylic acids is 1. The molecule has 1 amide bonds. The van der Waals surface area contributed by atoms with Gasteiger partial charge in [0, 0.05) is 13.0 Å². The van der Waals surface area contributed by atoms with Crippen molar-refractivity contribution in [1.82, 2.24) is 5.32 Å². The van der Waals surface area contributed by atoms with Crippen molar-refractivity contribution in [1.29, 1.82) is 0 Å². The van der Waals surface area contributed by atoms with Gasteiger partial charge in [-0.2, -0.15) is 0 Å². The van der Waals surface area contributed by atoms with E-state index < -0.39 is 5.97 Å². The molecule has 5 nitrogen and oxygen atoms in total. The van der Waals surface area contributed by atoms with E-state index in [1.54, 1.807) is 24.3 Å². The zero-order chi connectivity index (χ0) is 14.8. The second-order valence-corrected chi connectivity index (χ2v) is 4.70. The Balaban J connectivity index is 2.20.